The first kappa shape index (κ1) is 63.5. The molecule has 0 radical (unpaired) electrons. The molecule has 0 fully saturated rings. The van der Waals surface area contributed by atoms with E-state index >= 15 is 0 Å². The highest BCUT2D eigenvalue weighted by atomic mass is 16.7. The summed E-state index contributed by atoms with van der Waals surface area (Å²) in [5.74, 6) is -2.32. The van der Waals surface area contributed by atoms with Gasteiger partial charge >= 0.3 is 11.9 Å². The summed E-state index contributed by atoms with van der Waals surface area (Å²) >= 11 is 0. The fourth-order valence-electron chi connectivity index (χ4n) is 7.00. The Bertz CT molecular complexity index is 1370. The number of carboxylic acid groups (broad SMARTS) is 1. The van der Waals surface area contributed by atoms with Crippen LogP contribution in [0.1, 0.15) is 206 Å². The average Bonchev–Trinajstić information content (AvgIpc) is 3.29. The van der Waals surface area contributed by atoms with Gasteiger partial charge in [0, 0.05) is 12.8 Å². The van der Waals surface area contributed by atoms with Gasteiger partial charge in [-0.05, 0) is 89.9 Å². The summed E-state index contributed by atoms with van der Waals surface area (Å²) in [6.45, 7) is 4.59. The van der Waals surface area contributed by atoms with Gasteiger partial charge in [-0.25, -0.2) is 0 Å². The third-order valence-corrected chi connectivity index (χ3v) is 11.1. The second kappa shape index (κ2) is 48.9. The van der Waals surface area contributed by atoms with E-state index in [4.69, 9.17) is 18.9 Å². The largest absolute Gasteiger partial charge is 0.545 e. The number of allylic oxidation sites excluding steroid dienone is 14. The van der Waals surface area contributed by atoms with Crippen molar-refractivity contribution in [1.82, 2.24) is 0 Å². The molecule has 9 heteroatoms. The number of carboxylic acids is 1. The second-order valence-corrected chi connectivity index (χ2v) is 18.8. The van der Waals surface area contributed by atoms with Crippen LogP contribution in [0.5, 0.6) is 0 Å². The zero-order valence-electron chi connectivity index (χ0n) is 43.5. The van der Waals surface area contributed by atoms with Crippen molar-refractivity contribution < 1.29 is 42.9 Å². The number of hydrogen-bond donors (Lipinski definition) is 0. The van der Waals surface area contributed by atoms with Crippen LogP contribution in [-0.2, 0) is 33.3 Å². The Morgan fingerprint density at radius 1 is 0.463 bits per heavy atom. The van der Waals surface area contributed by atoms with E-state index in [2.05, 4.69) is 98.9 Å². The first-order valence-corrected chi connectivity index (χ1v) is 26.7. The molecule has 0 saturated heterocycles. The van der Waals surface area contributed by atoms with Crippen molar-refractivity contribution in [2.24, 2.45) is 0 Å². The number of esters is 2. The maximum Gasteiger partial charge on any atom is 0.306 e. The molecule has 0 bridgehead atoms. The second-order valence-electron chi connectivity index (χ2n) is 18.8. The number of quaternary nitrogens is 1. The zero-order chi connectivity index (χ0) is 49.2. The molecule has 67 heavy (non-hydrogen) atoms. The number of aliphatic carboxylic acids is 1. The molecule has 0 aliphatic carbocycles. The molecule has 9 nitrogen and oxygen atoms in total. The normalized spacial score (nSPS) is 13.5. The van der Waals surface area contributed by atoms with Crippen LogP contribution in [-0.4, -0.2) is 82.3 Å². The molecule has 0 saturated carbocycles. The molecular formula is C58H99NO8. The van der Waals surface area contributed by atoms with Crippen molar-refractivity contribution in [2.45, 2.75) is 219 Å². The standard InChI is InChI=1S/C58H99NO8/c1-6-8-10-12-14-16-18-20-22-24-26-27-28-29-31-32-34-36-38-40-42-44-46-48-55(60)65-52-54(53-66-58(57(62)63)64-51-50-59(3,4)5)67-56(61)49-47-45-43-41-39-37-35-33-30-25-23-21-19-17-15-13-11-9-7-2/h9,11,15,17-18,20-21,23-24,26,28-30,33,54,58H,6-8,10,12-14,16,19,22,25,27,31-32,34-53H2,1-5H3/b11-9-,17-15-,20-18-,23-21-,26-24-,29-28-,33-30-. The Labute approximate surface area is 410 Å². The van der Waals surface area contributed by atoms with Gasteiger partial charge in [-0.3, -0.25) is 9.59 Å². The minimum absolute atomic E-state index is 0.139. The lowest BCUT2D eigenvalue weighted by Gasteiger charge is -2.26. The highest BCUT2D eigenvalue weighted by molar-refractivity contribution is 5.70. The van der Waals surface area contributed by atoms with Gasteiger partial charge in [-0.15, -0.1) is 0 Å². The smallest absolute Gasteiger partial charge is 0.306 e. The van der Waals surface area contributed by atoms with Crippen LogP contribution >= 0.6 is 0 Å². The topological polar surface area (TPSA) is 111 Å². The minimum atomic E-state index is -1.63. The Morgan fingerprint density at radius 3 is 1.27 bits per heavy atom. The molecule has 0 aliphatic rings. The number of rotatable bonds is 48. The van der Waals surface area contributed by atoms with Gasteiger partial charge in [0.25, 0.3) is 0 Å². The third-order valence-electron chi connectivity index (χ3n) is 11.1. The number of nitrogens with zero attached hydrogens (tertiary/aromatic N) is 1. The van der Waals surface area contributed by atoms with Crippen molar-refractivity contribution in [3.63, 3.8) is 0 Å². The maximum absolute atomic E-state index is 12.8. The average molecular weight is 938 g/mol. The van der Waals surface area contributed by atoms with E-state index in [1.54, 1.807) is 0 Å². The lowest BCUT2D eigenvalue weighted by molar-refractivity contribution is -0.870. The lowest BCUT2D eigenvalue weighted by atomic mass is 10.1. The molecule has 0 aromatic carbocycles. The van der Waals surface area contributed by atoms with Crippen LogP contribution in [0.3, 0.4) is 0 Å². The summed E-state index contributed by atoms with van der Waals surface area (Å²) < 4.78 is 22.6. The van der Waals surface area contributed by atoms with Crippen LogP contribution < -0.4 is 5.11 Å². The maximum atomic E-state index is 12.8. The first-order chi connectivity index (χ1) is 32.6. The van der Waals surface area contributed by atoms with Gasteiger partial charge < -0.3 is 33.3 Å². The van der Waals surface area contributed by atoms with Crippen LogP contribution in [0.15, 0.2) is 85.1 Å². The summed E-state index contributed by atoms with van der Waals surface area (Å²) in [7, 11) is 5.90. The molecule has 0 heterocycles. The van der Waals surface area contributed by atoms with Gasteiger partial charge in [0.15, 0.2) is 12.4 Å². The van der Waals surface area contributed by atoms with E-state index in [0.29, 0.717) is 17.4 Å². The van der Waals surface area contributed by atoms with Gasteiger partial charge in [0.1, 0.15) is 13.2 Å². The number of hydrogen-bond acceptors (Lipinski definition) is 8. The van der Waals surface area contributed by atoms with Crippen molar-refractivity contribution in [1.29, 1.82) is 0 Å². The molecule has 0 N–H and O–H groups in total. The summed E-state index contributed by atoms with van der Waals surface area (Å²) in [6.07, 6.45) is 60.4. The van der Waals surface area contributed by atoms with Crippen LogP contribution in [0, 0.1) is 0 Å². The van der Waals surface area contributed by atoms with Gasteiger partial charge in [-0.2, -0.15) is 0 Å². The monoisotopic (exact) mass is 938 g/mol. The van der Waals surface area contributed by atoms with Crippen molar-refractivity contribution in [3.05, 3.63) is 85.1 Å². The SMILES string of the molecule is CC/C=C\C/C=C\C/C=C\C/C=C\CCCCCCCCC(=O)OC(COC(=O)CCCCCCCCCC/C=C\C/C=C\C/C=C\CCCCCCC)COC(OCC[N+](C)(C)C)C(=O)[O-]. The number of ether oxygens (including phenoxy) is 4. The van der Waals surface area contributed by atoms with Gasteiger partial charge in [0.2, 0.25) is 0 Å². The van der Waals surface area contributed by atoms with Crippen LogP contribution in [0.25, 0.3) is 0 Å². The molecular weight excluding hydrogens is 839 g/mol. The predicted molar refractivity (Wildman–Crippen MR) is 278 cm³/mol. The summed E-state index contributed by atoms with van der Waals surface area (Å²) in [6, 6.07) is 0. The Kier molecular flexibility index (Phi) is 46.3. The summed E-state index contributed by atoms with van der Waals surface area (Å²) in [5.41, 5.74) is 0. The third kappa shape index (κ3) is 50.2. The first-order valence-electron chi connectivity index (χ1n) is 26.7. The Hall–Kier alpha value is -3.53. The Balaban J connectivity index is 4.36. The van der Waals surface area contributed by atoms with E-state index in [-0.39, 0.29) is 38.6 Å². The fourth-order valence-corrected chi connectivity index (χ4v) is 7.00. The minimum Gasteiger partial charge on any atom is -0.545 e. The number of unbranched alkanes of at least 4 members (excludes halogenated alkanes) is 19. The number of likely N-dealkylation sites (N-methyl/N-ethyl adjacent to an activating group) is 1. The van der Waals surface area contributed by atoms with E-state index in [1.807, 2.05) is 21.1 Å². The van der Waals surface area contributed by atoms with E-state index < -0.39 is 24.3 Å². The van der Waals surface area contributed by atoms with Crippen LogP contribution in [0.2, 0.25) is 0 Å². The highest BCUT2D eigenvalue weighted by Gasteiger charge is 2.22. The summed E-state index contributed by atoms with van der Waals surface area (Å²) in [5, 5.41) is 11.7. The molecule has 384 valence electrons. The number of carbonyl (C=O) groups is 3. The highest BCUT2D eigenvalue weighted by Crippen LogP contribution is 2.14. The quantitative estimate of drug-likeness (QED) is 0.0195. The van der Waals surface area contributed by atoms with Crippen LogP contribution in [0.4, 0.5) is 0 Å². The summed E-state index contributed by atoms with van der Waals surface area (Å²) in [4.78, 5) is 37.2. The molecule has 0 amide bonds. The number of carbonyl (C=O) groups excluding carboxylic acids is 3. The zero-order valence-corrected chi connectivity index (χ0v) is 43.5. The molecule has 0 rings (SSSR count). The van der Waals surface area contributed by atoms with E-state index in [9.17, 15) is 19.5 Å². The van der Waals surface area contributed by atoms with Crippen molar-refractivity contribution in [3.8, 4) is 0 Å². The molecule has 0 spiro atoms. The fraction of sp³-hybridized carbons (Fsp3) is 0.707. The molecule has 0 aromatic heterocycles. The van der Waals surface area contributed by atoms with Crippen molar-refractivity contribution >= 4 is 17.9 Å². The van der Waals surface area contributed by atoms with E-state index in [1.165, 1.54) is 64.2 Å². The molecule has 2 atom stereocenters. The predicted octanol–water partition coefficient (Wildman–Crippen LogP) is 13.9. The van der Waals surface area contributed by atoms with Gasteiger partial charge in [0.05, 0.1) is 40.3 Å². The molecule has 0 aromatic rings. The molecule has 0 aliphatic heterocycles. The van der Waals surface area contributed by atoms with Gasteiger partial charge in [-0.1, -0.05) is 189 Å². The lowest BCUT2D eigenvalue weighted by Crippen LogP contribution is -2.44. The van der Waals surface area contributed by atoms with Crippen molar-refractivity contribution in [2.75, 3.05) is 47.5 Å². The van der Waals surface area contributed by atoms with E-state index in [0.717, 1.165) is 109 Å². The Morgan fingerprint density at radius 2 is 0.851 bits per heavy atom. The molecule has 2 unspecified atom stereocenters.